The third-order valence-corrected chi connectivity index (χ3v) is 6.56. The summed E-state index contributed by atoms with van der Waals surface area (Å²) in [6.07, 6.45) is 11.4. The van der Waals surface area contributed by atoms with E-state index in [0.717, 1.165) is 18.2 Å². The van der Waals surface area contributed by atoms with E-state index in [9.17, 15) is 14.7 Å². The van der Waals surface area contributed by atoms with Gasteiger partial charge in [-0.15, -0.1) is 0 Å². The first-order valence-electron chi connectivity index (χ1n) is 13.7. The van der Waals surface area contributed by atoms with Gasteiger partial charge in [-0.05, 0) is 30.0 Å². The van der Waals surface area contributed by atoms with Crippen LogP contribution in [0.2, 0.25) is 0 Å². The van der Waals surface area contributed by atoms with Crippen LogP contribution in [-0.2, 0) is 0 Å². The lowest BCUT2D eigenvalue weighted by Gasteiger charge is -2.19. The fourth-order valence-electron chi connectivity index (χ4n) is 4.34. The first kappa shape index (κ1) is 28.8. The minimum absolute atomic E-state index is 0.0221. The van der Waals surface area contributed by atoms with Gasteiger partial charge in [-0.3, -0.25) is 4.79 Å². The first-order chi connectivity index (χ1) is 18.5. The normalized spacial score (nSPS) is 10.8. The molecule has 0 radical (unpaired) electrons. The van der Waals surface area contributed by atoms with Crippen LogP contribution >= 0.6 is 0 Å². The third kappa shape index (κ3) is 8.98. The van der Waals surface area contributed by atoms with Gasteiger partial charge in [0, 0.05) is 24.2 Å². The number of amides is 3. The molecule has 0 fully saturated rings. The molecule has 3 N–H and O–H groups in total. The van der Waals surface area contributed by atoms with Crippen molar-refractivity contribution in [1.82, 2.24) is 10.2 Å². The number of phenolic OH excluding ortho intramolecular Hbond substituents is 1. The van der Waals surface area contributed by atoms with Crippen molar-refractivity contribution in [3.63, 3.8) is 0 Å². The summed E-state index contributed by atoms with van der Waals surface area (Å²) < 4.78 is 5.86. The Morgan fingerprint density at radius 2 is 1.58 bits per heavy atom. The highest BCUT2D eigenvalue weighted by molar-refractivity contribution is 6.03. The second kappa shape index (κ2) is 15.5. The molecule has 0 spiro atoms. The van der Waals surface area contributed by atoms with Gasteiger partial charge in [0.05, 0.1) is 18.8 Å². The molecule has 38 heavy (non-hydrogen) atoms. The molecule has 0 bridgehead atoms. The molecule has 0 atom stereocenters. The summed E-state index contributed by atoms with van der Waals surface area (Å²) >= 11 is 0. The maximum atomic E-state index is 12.8. The second-order valence-electron chi connectivity index (χ2n) is 9.68. The Bertz CT molecular complexity index is 1180. The summed E-state index contributed by atoms with van der Waals surface area (Å²) in [4.78, 5) is 26.6. The number of phenols is 1. The number of aromatic hydroxyl groups is 1. The number of hydrogen-bond acceptors (Lipinski definition) is 4. The summed E-state index contributed by atoms with van der Waals surface area (Å²) in [5.41, 5.74) is 0.790. The van der Waals surface area contributed by atoms with E-state index in [1.165, 1.54) is 49.8 Å². The standard InChI is InChI=1S/C31H41N3O4/c1-3-4-5-6-7-8-9-10-13-21-38-26-17-14-16-25(22-26)33-31(37)32-23-34(2)30(36)28-20-19-24-15-11-12-18-27(24)29(28)35/h11-12,14-20,22,35H,3-10,13,21,23H2,1-2H3,(H2,32,33,37). The minimum atomic E-state index is -0.441. The number of nitrogens with zero attached hydrogens (tertiary/aromatic N) is 1. The van der Waals surface area contributed by atoms with Gasteiger partial charge in [0.15, 0.2) is 0 Å². The topological polar surface area (TPSA) is 90.9 Å². The van der Waals surface area contributed by atoms with E-state index in [0.29, 0.717) is 23.4 Å². The van der Waals surface area contributed by atoms with Gasteiger partial charge in [-0.2, -0.15) is 0 Å². The molecule has 0 saturated carbocycles. The zero-order chi connectivity index (χ0) is 27.2. The van der Waals surface area contributed by atoms with Crippen molar-refractivity contribution in [2.24, 2.45) is 0 Å². The summed E-state index contributed by atoms with van der Waals surface area (Å²) in [6.45, 7) is 2.87. The number of carbonyl (C=O) groups excluding carboxylic acids is 2. The van der Waals surface area contributed by atoms with Crippen molar-refractivity contribution in [3.05, 3.63) is 66.2 Å². The van der Waals surface area contributed by atoms with Crippen LogP contribution in [-0.4, -0.2) is 42.3 Å². The fraction of sp³-hybridized carbons (Fsp3) is 0.419. The van der Waals surface area contributed by atoms with Gasteiger partial charge < -0.3 is 25.4 Å². The van der Waals surface area contributed by atoms with Crippen molar-refractivity contribution >= 4 is 28.4 Å². The molecule has 0 aliphatic rings. The largest absolute Gasteiger partial charge is 0.506 e. The molecule has 0 aliphatic heterocycles. The Morgan fingerprint density at radius 3 is 2.34 bits per heavy atom. The lowest BCUT2D eigenvalue weighted by Crippen LogP contribution is -2.40. The van der Waals surface area contributed by atoms with E-state index in [-0.39, 0.29) is 23.9 Å². The number of unbranched alkanes of at least 4 members (excludes halogenated alkanes) is 8. The fourth-order valence-corrected chi connectivity index (χ4v) is 4.34. The van der Waals surface area contributed by atoms with E-state index in [2.05, 4.69) is 17.6 Å². The third-order valence-electron chi connectivity index (χ3n) is 6.56. The average molecular weight is 520 g/mol. The maximum absolute atomic E-state index is 12.8. The lowest BCUT2D eigenvalue weighted by molar-refractivity contribution is 0.0786. The smallest absolute Gasteiger partial charge is 0.320 e. The molecule has 204 valence electrons. The molecule has 0 aromatic heterocycles. The van der Waals surface area contributed by atoms with Crippen LogP contribution in [0.25, 0.3) is 10.8 Å². The minimum Gasteiger partial charge on any atom is -0.506 e. The number of urea groups is 1. The SMILES string of the molecule is CCCCCCCCCCCOc1cccc(NC(=O)NCN(C)C(=O)c2ccc3ccccc3c2O)c1. The van der Waals surface area contributed by atoms with Gasteiger partial charge in [-0.25, -0.2) is 4.79 Å². The number of benzene rings is 3. The molecule has 3 aromatic rings. The van der Waals surface area contributed by atoms with Crippen LogP contribution in [0.5, 0.6) is 11.5 Å². The number of anilines is 1. The highest BCUT2D eigenvalue weighted by Gasteiger charge is 2.18. The average Bonchev–Trinajstić information content (AvgIpc) is 2.93. The molecule has 3 amide bonds. The number of nitrogens with one attached hydrogen (secondary N) is 2. The molecule has 3 rings (SSSR count). The predicted molar refractivity (Wildman–Crippen MR) is 154 cm³/mol. The van der Waals surface area contributed by atoms with Crippen LogP contribution < -0.4 is 15.4 Å². The van der Waals surface area contributed by atoms with Crippen LogP contribution in [0.1, 0.15) is 75.1 Å². The van der Waals surface area contributed by atoms with E-state index in [1.807, 2.05) is 30.3 Å². The zero-order valence-electron chi connectivity index (χ0n) is 22.7. The Morgan fingerprint density at radius 1 is 0.868 bits per heavy atom. The summed E-state index contributed by atoms with van der Waals surface area (Å²) in [5, 5.41) is 17.5. The van der Waals surface area contributed by atoms with Crippen molar-refractivity contribution < 1.29 is 19.4 Å². The Balaban J connectivity index is 1.38. The quantitative estimate of drug-likeness (QED) is 0.145. The van der Waals surface area contributed by atoms with Crippen molar-refractivity contribution in [3.8, 4) is 11.5 Å². The Hall–Kier alpha value is -3.74. The van der Waals surface area contributed by atoms with E-state index in [4.69, 9.17) is 4.74 Å². The summed E-state index contributed by atoms with van der Waals surface area (Å²) in [5.74, 6) is 0.255. The molecule has 7 nitrogen and oxygen atoms in total. The molecule has 0 heterocycles. The maximum Gasteiger partial charge on any atom is 0.320 e. The Kier molecular flexibility index (Phi) is 11.8. The zero-order valence-corrected chi connectivity index (χ0v) is 22.7. The predicted octanol–water partition coefficient (Wildman–Crippen LogP) is 7.31. The monoisotopic (exact) mass is 519 g/mol. The first-order valence-corrected chi connectivity index (χ1v) is 13.7. The molecule has 0 aliphatic carbocycles. The number of hydrogen-bond donors (Lipinski definition) is 3. The summed E-state index contributed by atoms with van der Waals surface area (Å²) in [6, 6.07) is 17.5. The van der Waals surface area contributed by atoms with Gasteiger partial charge in [0.1, 0.15) is 11.5 Å². The van der Waals surface area contributed by atoms with E-state index >= 15 is 0 Å². The Labute approximate surface area is 226 Å². The van der Waals surface area contributed by atoms with Crippen LogP contribution in [0.3, 0.4) is 0 Å². The van der Waals surface area contributed by atoms with Crippen LogP contribution in [0.4, 0.5) is 10.5 Å². The van der Waals surface area contributed by atoms with Gasteiger partial charge >= 0.3 is 6.03 Å². The molecule has 3 aromatic carbocycles. The highest BCUT2D eigenvalue weighted by Crippen LogP contribution is 2.29. The molecule has 0 unspecified atom stereocenters. The molecule has 7 heteroatoms. The van der Waals surface area contributed by atoms with E-state index in [1.54, 1.807) is 37.4 Å². The molecular formula is C31H41N3O4. The van der Waals surface area contributed by atoms with Gasteiger partial charge in [0.2, 0.25) is 0 Å². The highest BCUT2D eigenvalue weighted by atomic mass is 16.5. The second-order valence-corrected chi connectivity index (χ2v) is 9.68. The molecular weight excluding hydrogens is 478 g/mol. The van der Waals surface area contributed by atoms with Crippen molar-refractivity contribution in [1.29, 1.82) is 0 Å². The lowest BCUT2D eigenvalue weighted by atomic mass is 10.0. The van der Waals surface area contributed by atoms with Crippen LogP contribution in [0.15, 0.2) is 60.7 Å². The number of rotatable bonds is 15. The van der Waals surface area contributed by atoms with Gasteiger partial charge in [0.25, 0.3) is 5.91 Å². The number of carbonyl (C=O) groups is 2. The summed E-state index contributed by atoms with van der Waals surface area (Å²) in [7, 11) is 1.57. The van der Waals surface area contributed by atoms with Crippen molar-refractivity contribution in [2.75, 3.05) is 25.6 Å². The van der Waals surface area contributed by atoms with Crippen molar-refractivity contribution in [2.45, 2.75) is 64.7 Å². The number of ether oxygens (including phenoxy) is 1. The number of fused-ring (bicyclic) bond motifs is 1. The van der Waals surface area contributed by atoms with Gasteiger partial charge in [-0.1, -0.05) is 94.7 Å². The molecule has 0 saturated heterocycles. The van der Waals surface area contributed by atoms with Crippen LogP contribution in [0, 0.1) is 0 Å². The van der Waals surface area contributed by atoms with E-state index < -0.39 is 6.03 Å².